The Labute approximate surface area is 94.8 Å². The summed E-state index contributed by atoms with van der Waals surface area (Å²) in [7, 11) is 1.22. The van der Waals surface area contributed by atoms with Crippen LogP contribution in [0.4, 0.5) is 0 Å². The number of halogens is 2. The lowest BCUT2D eigenvalue weighted by Crippen LogP contribution is -2.13. The summed E-state index contributed by atoms with van der Waals surface area (Å²) in [6.07, 6.45) is -1.27. The van der Waals surface area contributed by atoms with Crippen molar-refractivity contribution in [3.8, 4) is 0 Å². The van der Waals surface area contributed by atoms with Gasteiger partial charge in [0.1, 0.15) is 0 Å². The summed E-state index contributed by atoms with van der Waals surface area (Å²) >= 11 is 8.94. The molecule has 1 unspecified atom stereocenters. The molecule has 0 bridgehead atoms. The molecular weight excluding hydrogens is 271 g/mol. The quantitative estimate of drug-likeness (QED) is 0.845. The Morgan fingerprint density at radius 3 is 2.79 bits per heavy atom. The largest absolute Gasteiger partial charge is 0.467 e. The number of hydrogen-bond donors (Lipinski definition) is 1. The number of aliphatic hydroxyl groups is 1. The second-order valence-electron chi connectivity index (χ2n) is 2.60. The van der Waals surface area contributed by atoms with Crippen molar-refractivity contribution in [2.75, 3.05) is 7.11 Å². The first-order valence-corrected chi connectivity index (χ1v) is 4.94. The van der Waals surface area contributed by atoms with Gasteiger partial charge in [-0.25, -0.2) is 4.79 Å². The van der Waals surface area contributed by atoms with Gasteiger partial charge in [0.05, 0.1) is 12.1 Å². The van der Waals surface area contributed by atoms with Gasteiger partial charge in [0, 0.05) is 4.47 Å². The lowest BCUT2D eigenvalue weighted by molar-refractivity contribution is -0.150. The lowest BCUT2D eigenvalue weighted by Gasteiger charge is -2.09. The van der Waals surface area contributed by atoms with Gasteiger partial charge in [-0.15, -0.1) is 0 Å². The van der Waals surface area contributed by atoms with Crippen molar-refractivity contribution < 1.29 is 14.6 Å². The van der Waals surface area contributed by atoms with Crippen LogP contribution in [0.1, 0.15) is 11.7 Å². The molecule has 0 saturated carbocycles. The maximum absolute atomic E-state index is 11.0. The molecule has 0 heterocycles. The van der Waals surface area contributed by atoms with E-state index in [9.17, 15) is 9.90 Å². The normalized spacial score (nSPS) is 12.3. The summed E-state index contributed by atoms with van der Waals surface area (Å²) in [6, 6.07) is 4.73. The molecule has 5 heteroatoms. The van der Waals surface area contributed by atoms with Crippen LogP contribution in [0.15, 0.2) is 22.7 Å². The highest BCUT2D eigenvalue weighted by Crippen LogP contribution is 2.26. The average Bonchev–Trinajstić information content (AvgIpc) is 2.20. The van der Waals surface area contributed by atoms with Crippen molar-refractivity contribution >= 4 is 33.5 Å². The van der Waals surface area contributed by atoms with Crippen LogP contribution in [0, 0.1) is 0 Å². The molecule has 0 aromatic heterocycles. The van der Waals surface area contributed by atoms with Crippen molar-refractivity contribution in [2.45, 2.75) is 6.10 Å². The average molecular weight is 280 g/mol. The topological polar surface area (TPSA) is 46.5 Å². The summed E-state index contributed by atoms with van der Waals surface area (Å²) in [6.45, 7) is 0. The molecule has 0 saturated heterocycles. The van der Waals surface area contributed by atoms with Crippen molar-refractivity contribution in [1.29, 1.82) is 0 Å². The molecule has 0 aliphatic carbocycles. The minimum atomic E-state index is -1.27. The first-order valence-electron chi connectivity index (χ1n) is 3.77. The predicted molar refractivity (Wildman–Crippen MR) is 56.1 cm³/mol. The van der Waals surface area contributed by atoms with Gasteiger partial charge >= 0.3 is 5.97 Å². The third-order valence-electron chi connectivity index (χ3n) is 1.68. The molecule has 0 radical (unpaired) electrons. The highest BCUT2D eigenvalue weighted by Gasteiger charge is 2.18. The van der Waals surface area contributed by atoms with Crippen LogP contribution in [-0.4, -0.2) is 18.2 Å². The Kier molecular flexibility index (Phi) is 3.92. The maximum atomic E-state index is 11.0. The number of aliphatic hydroxyl groups excluding tert-OH is 1. The van der Waals surface area contributed by atoms with E-state index in [4.69, 9.17) is 11.6 Å². The second-order valence-corrected chi connectivity index (χ2v) is 3.86. The number of carbonyl (C=O) groups excluding carboxylic acids is 1. The van der Waals surface area contributed by atoms with Crippen molar-refractivity contribution in [1.82, 2.24) is 0 Å². The van der Waals surface area contributed by atoms with Gasteiger partial charge in [-0.1, -0.05) is 17.7 Å². The Bertz CT molecular complexity index is 354. The summed E-state index contributed by atoms with van der Waals surface area (Å²) in [5.41, 5.74) is 0.438. The van der Waals surface area contributed by atoms with Gasteiger partial charge in [-0.05, 0) is 33.6 Å². The predicted octanol–water partition coefficient (Wildman–Crippen LogP) is 2.31. The van der Waals surface area contributed by atoms with Gasteiger partial charge in [-0.2, -0.15) is 0 Å². The van der Waals surface area contributed by atoms with Crippen LogP contribution in [0.25, 0.3) is 0 Å². The summed E-state index contributed by atoms with van der Waals surface area (Å²) < 4.78 is 5.02. The van der Waals surface area contributed by atoms with Crippen molar-refractivity contribution in [2.24, 2.45) is 0 Å². The van der Waals surface area contributed by atoms with E-state index in [1.807, 2.05) is 0 Å². The molecule has 0 spiro atoms. The third kappa shape index (κ3) is 2.47. The van der Waals surface area contributed by atoms with E-state index in [0.717, 1.165) is 0 Å². The third-order valence-corrected chi connectivity index (χ3v) is 2.90. The van der Waals surface area contributed by atoms with Gasteiger partial charge in [0.25, 0.3) is 0 Å². The minimum absolute atomic E-state index is 0.438. The number of ether oxygens (including phenoxy) is 1. The Morgan fingerprint density at radius 2 is 2.29 bits per heavy atom. The summed E-state index contributed by atoms with van der Waals surface area (Å²) in [5.74, 6) is -0.695. The second kappa shape index (κ2) is 4.77. The standard InChI is InChI=1S/C9H8BrClO3/c1-14-9(13)8(12)5-2-3-7(11)6(10)4-5/h2-4,8,12H,1H3. The Balaban J connectivity index is 2.96. The number of carbonyl (C=O) groups is 1. The molecule has 0 amide bonds. The SMILES string of the molecule is COC(=O)C(O)c1ccc(Cl)c(Br)c1. The van der Waals surface area contributed by atoms with Crippen LogP contribution in [0.2, 0.25) is 5.02 Å². The lowest BCUT2D eigenvalue weighted by atomic mass is 10.1. The molecule has 1 N–H and O–H groups in total. The van der Waals surface area contributed by atoms with Crippen molar-refractivity contribution in [3.05, 3.63) is 33.3 Å². The van der Waals surface area contributed by atoms with Crippen LogP contribution in [0.5, 0.6) is 0 Å². The summed E-state index contributed by atoms with van der Waals surface area (Å²) in [5, 5.41) is 9.99. The van der Waals surface area contributed by atoms with Crippen LogP contribution in [0.3, 0.4) is 0 Å². The summed E-state index contributed by atoms with van der Waals surface area (Å²) in [4.78, 5) is 11.0. The molecule has 76 valence electrons. The van der Waals surface area contributed by atoms with E-state index < -0.39 is 12.1 Å². The number of esters is 1. The van der Waals surface area contributed by atoms with E-state index in [2.05, 4.69) is 20.7 Å². The van der Waals surface area contributed by atoms with E-state index >= 15 is 0 Å². The molecular formula is C9H8BrClO3. The number of methoxy groups -OCH3 is 1. The molecule has 0 aliphatic rings. The van der Waals surface area contributed by atoms with E-state index in [-0.39, 0.29) is 0 Å². The zero-order valence-corrected chi connectivity index (χ0v) is 9.67. The van der Waals surface area contributed by atoms with Gasteiger partial charge in [0.15, 0.2) is 6.10 Å². The number of rotatable bonds is 2. The maximum Gasteiger partial charge on any atom is 0.339 e. The fourth-order valence-corrected chi connectivity index (χ4v) is 1.44. The smallest absolute Gasteiger partial charge is 0.339 e. The fraction of sp³-hybridized carbons (Fsp3) is 0.222. The Morgan fingerprint density at radius 1 is 1.64 bits per heavy atom. The molecule has 14 heavy (non-hydrogen) atoms. The molecule has 1 aromatic carbocycles. The van der Waals surface area contributed by atoms with E-state index in [0.29, 0.717) is 15.1 Å². The highest BCUT2D eigenvalue weighted by atomic mass is 79.9. The van der Waals surface area contributed by atoms with Gasteiger partial charge < -0.3 is 9.84 Å². The number of hydrogen-bond acceptors (Lipinski definition) is 3. The van der Waals surface area contributed by atoms with E-state index in [1.54, 1.807) is 18.2 Å². The Hall–Kier alpha value is -0.580. The molecule has 0 fully saturated rings. The fourth-order valence-electron chi connectivity index (χ4n) is 0.930. The molecule has 1 atom stereocenters. The molecule has 1 aromatic rings. The first kappa shape index (κ1) is 11.5. The zero-order chi connectivity index (χ0) is 10.7. The van der Waals surface area contributed by atoms with Crippen LogP contribution < -0.4 is 0 Å². The van der Waals surface area contributed by atoms with Crippen molar-refractivity contribution in [3.63, 3.8) is 0 Å². The highest BCUT2D eigenvalue weighted by molar-refractivity contribution is 9.10. The van der Waals surface area contributed by atoms with Crippen LogP contribution in [-0.2, 0) is 9.53 Å². The minimum Gasteiger partial charge on any atom is -0.467 e. The monoisotopic (exact) mass is 278 g/mol. The van der Waals surface area contributed by atoms with Crippen LogP contribution >= 0.6 is 27.5 Å². The molecule has 3 nitrogen and oxygen atoms in total. The zero-order valence-electron chi connectivity index (χ0n) is 7.33. The first-order chi connectivity index (χ1) is 6.56. The molecule has 1 rings (SSSR count). The molecule has 0 aliphatic heterocycles. The number of benzene rings is 1. The van der Waals surface area contributed by atoms with Gasteiger partial charge in [-0.3, -0.25) is 0 Å². The van der Waals surface area contributed by atoms with Gasteiger partial charge in [0.2, 0.25) is 0 Å². The van der Waals surface area contributed by atoms with E-state index in [1.165, 1.54) is 7.11 Å².